The molecule has 0 atom stereocenters. The molecule has 4 N–H and O–H groups in total. The molecule has 27 heavy (non-hydrogen) atoms. The van der Waals surface area contributed by atoms with E-state index in [1.165, 1.54) is 12.8 Å². The van der Waals surface area contributed by atoms with E-state index in [1.54, 1.807) is 0 Å². The molecular formula is C20H22ClN5O. The number of para-hydroxylation sites is 1. The Bertz CT molecular complexity index is 935. The molecule has 0 unspecified atom stereocenters. The number of hydrogen-bond donors (Lipinski definition) is 3. The van der Waals surface area contributed by atoms with Crippen LogP contribution in [0.2, 0.25) is 0 Å². The average molecular weight is 384 g/mol. The maximum atomic E-state index is 12.3. The summed E-state index contributed by atoms with van der Waals surface area (Å²) in [6.07, 6.45) is 3.35. The first kappa shape index (κ1) is 18.9. The largest absolute Gasteiger partial charge is 0.399 e. The SMILES string of the molecule is Cl.Nc1ccccc1CCC(=O)Nc1cccc(-c2n[nH]c(C3CC3)n2)c1. The molecular weight excluding hydrogens is 362 g/mol. The number of hydrogen-bond acceptors (Lipinski definition) is 4. The summed E-state index contributed by atoms with van der Waals surface area (Å²) in [4.78, 5) is 16.8. The van der Waals surface area contributed by atoms with Crippen molar-refractivity contribution in [3.05, 3.63) is 59.9 Å². The van der Waals surface area contributed by atoms with Crippen molar-refractivity contribution in [3.8, 4) is 11.4 Å². The van der Waals surface area contributed by atoms with E-state index in [0.717, 1.165) is 28.3 Å². The van der Waals surface area contributed by atoms with Crippen LogP contribution in [0.15, 0.2) is 48.5 Å². The number of nitrogens with two attached hydrogens (primary N) is 1. The van der Waals surface area contributed by atoms with Crippen molar-refractivity contribution < 1.29 is 4.79 Å². The van der Waals surface area contributed by atoms with Crippen LogP contribution in [-0.2, 0) is 11.2 Å². The normalized spacial score (nSPS) is 13.0. The van der Waals surface area contributed by atoms with Gasteiger partial charge in [-0.3, -0.25) is 9.89 Å². The average Bonchev–Trinajstić information content (AvgIpc) is 3.38. The van der Waals surface area contributed by atoms with Crippen molar-refractivity contribution in [1.29, 1.82) is 0 Å². The van der Waals surface area contributed by atoms with E-state index in [2.05, 4.69) is 20.5 Å². The van der Waals surface area contributed by atoms with Gasteiger partial charge in [0.15, 0.2) is 5.82 Å². The van der Waals surface area contributed by atoms with Crippen LogP contribution in [-0.4, -0.2) is 21.1 Å². The van der Waals surface area contributed by atoms with E-state index >= 15 is 0 Å². The number of amides is 1. The third-order valence-electron chi connectivity index (χ3n) is 4.55. The van der Waals surface area contributed by atoms with E-state index < -0.39 is 0 Å². The number of aromatic amines is 1. The van der Waals surface area contributed by atoms with Gasteiger partial charge in [-0.15, -0.1) is 12.4 Å². The zero-order chi connectivity index (χ0) is 17.9. The quantitative estimate of drug-likeness (QED) is 0.562. The first-order chi connectivity index (χ1) is 12.7. The molecule has 2 aromatic carbocycles. The third-order valence-corrected chi connectivity index (χ3v) is 4.55. The summed E-state index contributed by atoms with van der Waals surface area (Å²) in [7, 11) is 0. The number of carbonyl (C=O) groups is 1. The Balaban J connectivity index is 0.00000210. The fourth-order valence-corrected chi connectivity index (χ4v) is 2.91. The van der Waals surface area contributed by atoms with Crippen molar-refractivity contribution in [3.63, 3.8) is 0 Å². The molecule has 3 aromatic rings. The second-order valence-corrected chi connectivity index (χ2v) is 6.65. The molecule has 1 aliphatic rings. The number of benzene rings is 2. The number of carbonyl (C=O) groups excluding carboxylic acids is 1. The Morgan fingerprint density at radius 1 is 1.19 bits per heavy atom. The molecule has 140 valence electrons. The van der Waals surface area contributed by atoms with Crippen LogP contribution in [0.3, 0.4) is 0 Å². The van der Waals surface area contributed by atoms with Gasteiger partial charge in [0, 0.05) is 29.3 Å². The zero-order valence-electron chi connectivity index (χ0n) is 14.8. The van der Waals surface area contributed by atoms with E-state index in [9.17, 15) is 4.79 Å². The maximum Gasteiger partial charge on any atom is 0.224 e. The number of H-pyrrole nitrogens is 1. The lowest BCUT2D eigenvalue weighted by atomic mass is 10.1. The fourth-order valence-electron chi connectivity index (χ4n) is 2.91. The Hall–Kier alpha value is -2.86. The number of nitrogens with one attached hydrogen (secondary N) is 2. The van der Waals surface area contributed by atoms with Gasteiger partial charge < -0.3 is 11.1 Å². The van der Waals surface area contributed by atoms with Crippen molar-refractivity contribution in [1.82, 2.24) is 15.2 Å². The number of rotatable bonds is 6. The molecule has 7 heteroatoms. The standard InChI is InChI=1S/C20H21N5O.ClH/c21-17-7-2-1-4-13(17)10-11-18(26)22-16-6-3-5-15(12-16)20-23-19(24-25-20)14-8-9-14;/h1-7,12,14H,8-11,21H2,(H,22,26)(H,23,24,25);1H. The Morgan fingerprint density at radius 2 is 2.00 bits per heavy atom. The van der Waals surface area contributed by atoms with Gasteiger partial charge in [0.05, 0.1) is 0 Å². The minimum Gasteiger partial charge on any atom is -0.399 e. The van der Waals surface area contributed by atoms with Crippen molar-refractivity contribution >= 4 is 29.7 Å². The predicted octanol–water partition coefficient (Wildman–Crippen LogP) is 3.92. The molecule has 1 aliphatic carbocycles. The Labute approximate surface area is 164 Å². The van der Waals surface area contributed by atoms with Crippen molar-refractivity contribution in [2.75, 3.05) is 11.1 Å². The van der Waals surface area contributed by atoms with Gasteiger partial charge in [-0.05, 0) is 43.0 Å². The number of nitrogens with zero attached hydrogens (tertiary/aromatic N) is 2. The predicted molar refractivity (Wildman–Crippen MR) is 109 cm³/mol. The highest BCUT2D eigenvalue weighted by Crippen LogP contribution is 2.38. The molecule has 6 nitrogen and oxygen atoms in total. The van der Waals surface area contributed by atoms with Crippen LogP contribution in [0.5, 0.6) is 0 Å². The van der Waals surface area contributed by atoms with Crippen LogP contribution in [0.25, 0.3) is 11.4 Å². The van der Waals surface area contributed by atoms with Gasteiger partial charge in [-0.1, -0.05) is 30.3 Å². The molecule has 0 saturated heterocycles. The summed E-state index contributed by atoms with van der Waals surface area (Å²) in [5.41, 5.74) is 9.26. The third kappa shape index (κ3) is 4.65. The summed E-state index contributed by atoms with van der Waals surface area (Å²) < 4.78 is 0. The fraction of sp³-hybridized carbons (Fsp3) is 0.250. The lowest BCUT2D eigenvalue weighted by molar-refractivity contribution is -0.116. The smallest absolute Gasteiger partial charge is 0.224 e. The van der Waals surface area contributed by atoms with E-state index in [-0.39, 0.29) is 18.3 Å². The van der Waals surface area contributed by atoms with Crippen LogP contribution < -0.4 is 11.1 Å². The molecule has 0 radical (unpaired) electrons. The lowest BCUT2D eigenvalue weighted by Crippen LogP contribution is -2.12. The van der Waals surface area contributed by atoms with Gasteiger partial charge in [-0.25, -0.2) is 4.98 Å². The van der Waals surface area contributed by atoms with Gasteiger partial charge in [0.25, 0.3) is 0 Å². The van der Waals surface area contributed by atoms with E-state index in [4.69, 9.17) is 5.73 Å². The second-order valence-electron chi connectivity index (χ2n) is 6.65. The van der Waals surface area contributed by atoms with Gasteiger partial charge in [-0.2, -0.15) is 5.10 Å². The molecule has 1 fully saturated rings. The molecule has 1 heterocycles. The summed E-state index contributed by atoms with van der Waals surface area (Å²) in [6.45, 7) is 0. The van der Waals surface area contributed by atoms with Crippen molar-refractivity contribution in [2.24, 2.45) is 0 Å². The maximum absolute atomic E-state index is 12.3. The van der Waals surface area contributed by atoms with Crippen LogP contribution in [0, 0.1) is 0 Å². The number of anilines is 2. The number of nitrogen functional groups attached to an aromatic ring is 1. The Kier molecular flexibility index (Phi) is 5.76. The van der Waals surface area contributed by atoms with Gasteiger partial charge in [0.2, 0.25) is 5.91 Å². The number of halogens is 1. The number of aryl methyl sites for hydroxylation is 1. The summed E-state index contributed by atoms with van der Waals surface area (Å²) >= 11 is 0. The highest BCUT2D eigenvalue weighted by atomic mass is 35.5. The highest BCUT2D eigenvalue weighted by Gasteiger charge is 2.27. The molecule has 1 amide bonds. The van der Waals surface area contributed by atoms with Crippen LogP contribution in [0.1, 0.15) is 36.6 Å². The van der Waals surface area contributed by atoms with Crippen LogP contribution in [0.4, 0.5) is 11.4 Å². The molecule has 0 spiro atoms. The van der Waals surface area contributed by atoms with E-state index in [1.807, 2.05) is 48.5 Å². The van der Waals surface area contributed by atoms with Gasteiger partial charge >= 0.3 is 0 Å². The molecule has 1 saturated carbocycles. The van der Waals surface area contributed by atoms with Crippen LogP contribution >= 0.6 is 12.4 Å². The first-order valence-electron chi connectivity index (χ1n) is 8.85. The summed E-state index contributed by atoms with van der Waals surface area (Å²) in [6, 6.07) is 15.2. The highest BCUT2D eigenvalue weighted by molar-refractivity contribution is 5.91. The molecule has 0 bridgehead atoms. The minimum atomic E-state index is -0.0425. The summed E-state index contributed by atoms with van der Waals surface area (Å²) in [5.74, 6) is 2.11. The monoisotopic (exact) mass is 383 g/mol. The lowest BCUT2D eigenvalue weighted by Gasteiger charge is -2.08. The molecule has 1 aromatic heterocycles. The van der Waals surface area contributed by atoms with E-state index in [0.29, 0.717) is 24.6 Å². The zero-order valence-corrected chi connectivity index (χ0v) is 15.6. The van der Waals surface area contributed by atoms with Crippen molar-refractivity contribution in [2.45, 2.75) is 31.6 Å². The topological polar surface area (TPSA) is 96.7 Å². The second kappa shape index (κ2) is 8.22. The number of aromatic nitrogens is 3. The minimum absolute atomic E-state index is 0. The Morgan fingerprint density at radius 3 is 2.78 bits per heavy atom. The molecule has 0 aliphatic heterocycles. The summed E-state index contributed by atoms with van der Waals surface area (Å²) in [5, 5.41) is 10.2. The molecule has 4 rings (SSSR count). The first-order valence-corrected chi connectivity index (χ1v) is 8.85. The van der Waals surface area contributed by atoms with Gasteiger partial charge in [0.1, 0.15) is 5.82 Å².